The van der Waals surface area contributed by atoms with Crippen LogP contribution in [0.2, 0.25) is 0 Å². The molecule has 0 aliphatic rings. The number of fused-ring (bicyclic) bond motifs is 1. The van der Waals surface area contributed by atoms with Gasteiger partial charge in [-0.1, -0.05) is 23.5 Å². The standard InChI is InChI=1S/C14H12N4OS/c1-2-18(13(19)11-9-15-7-8-16-11)14-17-10-5-3-4-6-12(10)20-14/h3-9H,2H2,1H3. The van der Waals surface area contributed by atoms with E-state index < -0.39 is 0 Å². The fraction of sp³-hybridized carbons (Fsp3) is 0.143. The molecular weight excluding hydrogens is 272 g/mol. The van der Waals surface area contributed by atoms with E-state index in [0.29, 0.717) is 17.4 Å². The van der Waals surface area contributed by atoms with Crippen molar-refractivity contribution >= 4 is 32.6 Å². The average molecular weight is 284 g/mol. The molecule has 0 saturated heterocycles. The van der Waals surface area contributed by atoms with Crippen molar-refractivity contribution in [1.82, 2.24) is 15.0 Å². The minimum Gasteiger partial charge on any atom is -0.283 e. The Labute approximate surface area is 119 Å². The lowest BCUT2D eigenvalue weighted by molar-refractivity contribution is 0.0983. The summed E-state index contributed by atoms with van der Waals surface area (Å²) in [5, 5.41) is 0.685. The smallest absolute Gasteiger partial charge is 0.280 e. The number of aromatic nitrogens is 3. The molecule has 0 unspecified atom stereocenters. The lowest BCUT2D eigenvalue weighted by Gasteiger charge is -2.16. The summed E-state index contributed by atoms with van der Waals surface area (Å²) in [5.41, 5.74) is 1.23. The van der Waals surface area contributed by atoms with Crippen LogP contribution in [0.15, 0.2) is 42.9 Å². The molecule has 2 heterocycles. The fourth-order valence-corrected chi connectivity index (χ4v) is 2.92. The third-order valence-corrected chi connectivity index (χ3v) is 3.92. The lowest BCUT2D eigenvalue weighted by atomic mass is 10.3. The van der Waals surface area contributed by atoms with Gasteiger partial charge in [0.05, 0.1) is 16.4 Å². The van der Waals surface area contributed by atoms with Gasteiger partial charge in [0, 0.05) is 18.9 Å². The summed E-state index contributed by atoms with van der Waals surface area (Å²) in [6, 6.07) is 7.84. The molecule has 1 aromatic carbocycles. The molecule has 0 atom stereocenters. The second-order valence-corrected chi connectivity index (χ2v) is 5.11. The molecule has 20 heavy (non-hydrogen) atoms. The maximum atomic E-state index is 12.4. The molecule has 100 valence electrons. The first kappa shape index (κ1) is 12.7. The summed E-state index contributed by atoms with van der Waals surface area (Å²) in [6.07, 6.45) is 4.53. The zero-order valence-corrected chi connectivity index (χ0v) is 11.7. The number of hydrogen-bond acceptors (Lipinski definition) is 5. The molecule has 0 bridgehead atoms. The molecule has 0 fully saturated rings. The zero-order chi connectivity index (χ0) is 13.9. The maximum absolute atomic E-state index is 12.4. The Morgan fingerprint density at radius 1 is 1.30 bits per heavy atom. The van der Waals surface area contributed by atoms with Crippen LogP contribution in [0.1, 0.15) is 17.4 Å². The highest BCUT2D eigenvalue weighted by Gasteiger charge is 2.20. The average Bonchev–Trinajstić information content (AvgIpc) is 2.92. The van der Waals surface area contributed by atoms with Gasteiger partial charge in [0.2, 0.25) is 0 Å². The monoisotopic (exact) mass is 284 g/mol. The molecule has 0 spiro atoms. The number of nitrogens with zero attached hydrogens (tertiary/aromatic N) is 4. The first-order valence-corrected chi connectivity index (χ1v) is 7.04. The minimum absolute atomic E-state index is 0.181. The second-order valence-electron chi connectivity index (χ2n) is 4.10. The van der Waals surface area contributed by atoms with Crippen molar-refractivity contribution in [1.29, 1.82) is 0 Å². The largest absolute Gasteiger partial charge is 0.283 e. The normalized spacial score (nSPS) is 10.7. The Hall–Kier alpha value is -2.34. The van der Waals surface area contributed by atoms with Crippen molar-refractivity contribution < 1.29 is 4.79 Å². The van der Waals surface area contributed by atoms with E-state index in [1.165, 1.54) is 23.7 Å². The second kappa shape index (κ2) is 5.34. The predicted octanol–water partition coefficient (Wildman–Crippen LogP) is 2.75. The van der Waals surface area contributed by atoms with Gasteiger partial charge in [-0.15, -0.1) is 0 Å². The summed E-state index contributed by atoms with van der Waals surface area (Å²) in [5.74, 6) is -0.181. The van der Waals surface area contributed by atoms with Crippen LogP contribution in [0.25, 0.3) is 10.2 Å². The molecule has 2 aromatic heterocycles. The van der Waals surface area contributed by atoms with Gasteiger partial charge in [-0.25, -0.2) is 9.97 Å². The van der Waals surface area contributed by atoms with Crippen LogP contribution in [0.3, 0.4) is 0 Å². The molecule has 0 aliphatic heterocycles. The maximum Gasteiger partial charge on any atom is 0.280 e. The Morgan fingerprint density at radius 3 is 2.85 bits per heavy atom. The number of para-hydroxylation sites is 1. The Bertz CT molecular complexity index is 708. The highest BCUT2D eigenvalue weighted by atomic mass is 32.1. The van der Waals surface area contributed by atoms with Gasteiger partial charge in [0.25, 0.3) is 5.91 Å². The number of benzene rings is 1. The van der Waals surface area contributed by atoms with Crippen LogP contribution in [0.4, 0.5) is 5.13 Å². The highest BCUT2D eigenvalue weighted by molar-refractivity contribution is 7.22. The van der Waals surface area contributed by atoms with Crippen molar-refractivity contribution in [2.24, 2.45) is 0 Å². The molecule has 0 radical (unpaired) electrons. The number of amides is 1. The number of hydrogen-bond donors (Lipinski definition) is 0. The summed E-state index contributed by atoms with van der Waals surface area (Å²) < 4.78 is 1.06. The zero-order valence-electron chi connectivity index (χ0n) is 10.9. The molecule has 3 rings (SSSR count). The Balaban J connectivity index is 1.99. The highest BCUT2D eigenvalue weighted by Crippen LogP contribution is 2.29. The molecule has 6 heteroatoms. The predicted molar refractivity (Wildman–Crippen MR) is 79.0 cm³/mol. The first-order valence-electron chi connectivity index (χ1n) is 6.23. The third-order valence-electron chi connectivity index (χ3n) is 2.86. The van der Waals surface area contributed by atoms with Crippen molar-refractivity contribution in [3.8, 4) is 0 Å². The molecule has 1 amide bonds. The van der Waals surface area contributed by atoms with Crippen LogP contribution in [0.5, 0.6) is 0 Å². The molecule has 0 aliphatic carbocycles. The van der Waals surface area contributed by atoms with Gasteiger partial charge >= 0.3 is 0 Å². The van der Waals surface area contributed by atoms with Gasteiger partial charge in [0.1, 0.15) is 5.69 Å². The molecule has 3 aromatic rings. The summed E-state index contributed by atoms with van der Waals surface area (Å²) >= 11 is 1.50. The number of carbonyl (C=O) groups is 1. The van der Waals surface area contributed by atoms with E-state index in [4.69, 9.17) is 0 Å². The Kier molecular flexibility index (Phi) is 3.39. The van der Waals surface area contributed by atoms with E-state index in [9.17, 15) is 4.79 Å². The quantitative estimate of drug-likeness (QED) is 0.742. The van der Waals surface area contributed by atoms with Gasteiger partial charge in [-0.3, -0.25) is 14.7 Å². The van der Waals surface area contributed by atoms with Gasteiger partial charge in [-0.05, 0) is 19.1 Å². The lowest BCUT2D eigenvalue weighted by Crippen LogP contribution is -2.31. The number of thiazole rings is 1. The van der Waals surface area contributed by atoms with E-state index in [2.05, 4.69) is 15.0 Å². The van der Waals surface area contributed by atoms with E-state index >= 15 is 0 Å². The SMILES string of the molecule is CCN(C(=O)c1cnccn1)c1nc2ccccc2s1. The van der Waals surface area contributed by atoms with E-state index in [1.807, 2.05) is 31.2 Å². The van der Waals surface area contributed by atoms with Crippen molar-refractivity contribution in [2.45, 2.75) is 6.92 Å². The van der Waals surface area contributed by atoms with E-state index in [1.54, 1.807) is 11.1 Å². The van der Waals surface area contributed by atoms with Gasteiger partial charge < -0.3 is 0 Å². The first-order chi connectivity index (χ1) is 9.79. The number of rotatable bonds is 3. The van der Waals surface area contributed by atoms with Crippen molar-refractivity contribution in [3.05, 3.63) is 48.5 Å². The van der Waals surface area contributed by atoms with Crippen LogP contribution < -0.4 is 4.90 Å². The summed E-state index contributed by atoms with van der Waals surface area (Å²) in [4.78, 5) is 26.6. The molecule has 5 nitrogen and oxygen atoms in total. The minimum atomic E-state index is -0.181. The van der Waals surface area contributed by atoms with E-state index in [0.717, 1.165) is 10.2 Å². The summed E-state index contributed by atoms with van der Waals surface area (Å²) in [7, 11) is 0. The van der Waals surface area contributed by atoms with E-state index in [-0.39, 0.29) is 5.91 Å². The van der Waals surface area contributed by atoms with Gasteiger partial charge in [-0.2, -0.15) is 0 Å². The van der Waals surface area contributed by atoms with Crippen LogP contribution in [-0.2, 0) is 0 Å². The number of anilines is 1. The third kappa shape index (κ3) is 2.25. The van der Waals surface area contributed by atoms with Gasteiger partial charge in [0.15, 0.2) is 5.13 Å². The molecule has 0 saturated carbocycles. The molecular formula is C14H12N4OS. The number of carbonyl (C=O) groups excluding carboxylic acids is 1. The van der Waals surface area contributed by atoms with Crippen LogP contribution in [-0.4, -0.2) is 27.4 Å². The van der Waals surface area contributed by atoms with Crippen molar-refractivity contribution in [3.63, 3.8) is 0 Å². The molecule has 0 N–H and O–H groups in total. The fourth-order valence-electron chi connectivity index (χ4n) is 1.89. The summed E-state index contributed by atoms with van der Waals surface area (Å²) in [6.45, 7) is 2.45. The van der Waals surface area contributed by atoms with Crippen LogP contribution >= 0.6 is 11.3 Å². The van der Waals surface area contributed by atoms with Crippen LogP contribution in [0, 0.1) is 0 Å². The van der Waals surface area contributed by atoms with Crippen molar-refractivity contribution in [2.75, 3.05) is 11.4 Å². The topological polar surface area (TPSA) is 59.0 Å². The Morgan fingerprint density at radius 2 is 2.15 bits per heavy atom.